The van der Waals surface area contributed by atoms with Crippen molar-refractivity contribution >= 4 is 23.4 Å². The molecule has 0 aliphatic heterocycles. The van der Waals surface area contributed by atoms with Crippen molar-refractivity contribution in [3.05, 3.63) is 78.9 Å². The lowest BCUT2D eigenvalue weighted by atomic mass is 10.2. The molecule has 1 aromatic heterocycles. The number of hydrogen-bond acceptors (Lipinski definition) is 6. The van der Waals surface area contributed by atoms with Crippen LogP contribution >= 0.6 is 11.8 Å². The van der Waals surface area contributed by atoms with Gasteiger partial charge in [-0.3, -0.25) is 9.36 Å². The third kappa shape index (κ3) is 5.58. The lowest BCUT2D eigenvalue weighted by molar-refractivity contribution is -0.113. The van der Waals surface area contributed by atoms with E-state index in [1.165, 1.54) is 11.8 Å². The Balaban J connectivity index is 1.57. The standard InChI is InChI=1S/C26H26N4O3S/c1-3-32-21-16-14-20(15-17-21)30-25(19-10-6-5-7-11-19)28-29-26(30)34-18-24(31)27-22-12-8-9-13-23(22)33-4-2/h5-17H,3-4,18H2,1-2H3,(H,27,31). The molecule has 1 amide bonds. The third-order valence-electron chi connectivity index (χ3n) is 4.86. The number of carbonyl (C=O) groups excluding carboxylic acids is 1. The highest BCUT2D eigenvalue weighted by atomic mass is 32.2. The minimum absolute atomic E-state index is 0.153. The van der Waals surface area contributed by atoms with Crippen molar-refractivity contribution < 1.29 is 14.3 Å². The second kappa shape index (κ2) is 11.4. The number of aromatic nitrogens is 3. The summed E-state index contributed by atoms with van der Waals surface area (Å²) in [4.78, 5) is 12.7. The number of hydrogen-bond donors (Lipinski definition) is 1. The molecule has 0 aliphatic rings. The molecule has 0 saturated heterocycles. The molecule has 1 heterocycles. The van der Waals surface area contributed by atoms with Gasteiger partial charge in [0.15, 0.2) is 11.0 Å². The number of ether oxygens (including phenoxy) is 2. The van der Waals surface area contributed by atoms with E-state index in [9.17, 15) is 4.79 Å². The lowest BCUT2D eigenvalue weighted by Gasteiger charge is -2.12. The maximum absolute atomic E-state index is 12.7. The quantitative estimate of drug-likeness (QED) is 0.308. The van der Waals surface area contributed by atoms with Gasteiger partial charge in [-0.05, 0) is 50.2 Å². The third-order valence-corrected chi connectivity index (χ3v) is 5.79. The molecule has 4 rings (SSSR count). The van der Waals surface area contributed by atoms with Crippen LogP contribution in [0.1, 0.15) is 13.8 Å². The summed E-state index contributed by atoms with van der Waals surface area (Å²) in [7, 11) is 0. The van der Waals surface area contributed by atoms with Crippen LogP contribution in [0.3, 0.4) is 0 Å². The van der Waals surface area contributed by atoms with E-state index in [0.717, 1.165) is 17.0 Å². The normalized spacial score (nSPS) is 10.6. The van der Waals surface area contributed by atoms with Crippen molar-refractivity contribution in [1.82, 2.24) is 14.8 Å². The van der Waals surface area contributed by atoms with E-state index in [4.69, 9.17) is 9.47 Å². The van der Waals surface area contributed by atoms with Gasteiger partial charge in [-0.2, -0.15) is 0 Å². The summed E-state index contributed by atoms with van der Waals surface area (Å²) in [5, 5.41) is 12.4. The van der Waals surface area contributed by atoms with Crippen molar-refractivity contribution in [1.29, 1.82) is 0 Å². The topological polar surface area (TPSA) is 78.3 Å². The van der Waals surface area contributed by atoms with Crippen LogP contribution in [0.2, 0.25) is 0 Å². The molecular formula is C26H26N4O3S. The molecule has 0 bridgehead atoms. The minimum atomic E-state index is -0.153. The van der Waals surface area contributed by atoms with E-state index in [1.54, 1.807) is 0 Å². The molecule has 0 saturated carbocycles. The SMILES string of the molecule is CCOc1ccc(-n2c(SCC(=O)Nc3ccccc3OCC)nnc2-c2ccccc2)cc1. The Morgan fingerprint density at radius 2 is 1.59 bits per heavy atom. The van der Waals surface area contributed by atoms with Crippen molar-refractivity contribution in [2.75, 3.05) is 24.3 Å². The van der Waals surface area contributed by atoms with Gasteiger partial charge in [0.05, 0.1) is 24.7 Å². The average Bonchev–Trinajstić information content (AvgIpc) is 3.29. The Labute approximate surface area is 203 Å². The number of anilines is 1. The van der Waals surface area contributed by atoms with Gasteiger partial charge in [-0.25, -0.2) is 0 Å². The number of carbonyl (C=O) groups is 1. The van der Waals surface area contributed by atoms with Crippen LogP contribution < -0.4 is 14.8 Å². The van der Waals surface area contributed by atoms with E-state index in [0.29, 0.717) is 35.6 Å². The zero-order valence-corrected chi connectivity index (χ0v) is 19.9. The van der Waals surface area contributed by atoms with Crippen LogP contribution in [0, 0.1) is 0 Å². The second-order valence-electron chi connectivity index (χ2n) is 7.20. The van der Waals surface area contributed by atoms with E-state index in [2.05, 4.69) is 15.5 Å². The van der Waals surface area contributed by atoms with Gasteiger partial charge in [-0.1, -0.05) is 54.2 Å². The number of rotatable bonds is 10. The van der Waals surface area contributed by atoms with Crippen molar-refractivity contribution in [3.8, 4) is 28.6 Å². The predicted molar refractivity (Wildman–Crippen MR) is 135 cm³/mol. The lowest BCUT2D eigenvalue weighted by Crippen LogP contribution is -2.15. The Morgan fingerprint density at radius 3 is 2.32 bits per heavy atom. The molecule has 8 heteroatoms. The molecule has 0 spiro atoms. The summed E-state index contributed by atoms with van der Waals surface area (Å²) in [5.74, 6) is 2.16. The van der Waals surface area contributed by atoms with Crippen LogP contribution in [-0.2, 0) is 4.79 Å². The molecule has 174 valence electrons. The molecule has 7 nitrogen and oxygen atoms in total. The summed E-state index contributed by atoms with van der Waals surface area (Å²) >= 11 is 1.32. The smallest absolute Gasteiger partial charge is 0.234 e. The highest BCUT2D eigenvalue weighted by Crippen LogP contribution is 2.29. The molecule has 0 unspecified atom stereocenters. The summed E-state index contributed by atoms with van der Waals surface area (Å²) in [6, 6.07) is 25.0. The molecule has 4 aromatic rings. The highest BCUT2D eigenvalue weighted by molar-refractivity contribution is 7.99. The molecule has 1 N–H and O–H groups in total. The van der Waals surface area contributed by atoms with Gasteiger partial charge in [0.25, 0.3) is 0 Å². The van der Waals surface area contributed by atoms with E-state index in [1.807, 2.05) is 97.3 Å². The second-order valence-corrected chi connectivity index (χ2v) is 8.14. The Hall–Kier alpha value is -3.78. The van der Waals surface area contributed by atoms with Gasteiger partial charge in [-0.15, -0.1) is 10.2 Å². The fraction of sp³-hybridized carbons (Fsp3) is 0.192. The van der Waals surface area contributed by atoms with Crippen LogP contribution in [0.25, 0.3) is 17.1 Å². The highest BCUT2D eigenvalue weighted by Gasteiger charge is 2.18. The number of amides is 1. The zero-order valence-electron chi connectivity index (χ0n) is 19.1. The molecule has 0 radical (unpaired) electrons. The minimum Gasteiger partial charge on any atom is -0.494 e. The van der Waals surface area contributed by atoms with Gasteiger partial charge < -0.3 is 14.8 Å². The van der Waals surface area contributed by atoms with Crippen LogP contribution in [-0.4, -0.2) is 39.6 Å². The van der Waals surface area contributed by atoms with Gasteiger partial charge >= 0.3 is 0 Å². The average molecular weight is 475 g/mol. The molecular weight excluding hydrogens is 448 g/mol. The van der Waals surface area contributed by atoms with Crippen LogP contribution in [0.15, 0.2) is 84.0 Å². The van der Waals surface area contributed by atoms with Crippen LogP contribution in [0.5, 0.6) is 11.5 Å². The van der Waals surface area contributed by atoms with Crippen molar-refractivity contribution in [3.63, 3.8) is 0 Å². The monoisotopic (exact) mass is 474 g/mol. The summed E-state index contributed by atoms with van der Waals surface area (Å²) in [6.45, 7) is 4.99. The predicted octanol–water partition coefficient (Wildman–Crippen LogP) is 5.46. The van der Waals surface area contributed by atoms with Gasteiger partial charge in [0.1, 0.15) is 11.5 Å². The molecule has 34 heavy (non-hydrogen) atoms. The first-order valence-electron chi connectivity index (χ1n) is 11.1. The van der Waals surface area contributed by atoms with Gasteiger partial charge in [0, 0.05) is 11.3 Å². The molecule has 0 aliphatic carbocycles. The van der Waals surface area contributed by atoms with E-state index < -0.39 is 0 Å². The zero-order chi connectivity index (χ0) is 23.8. The summed E-state index contributed by atoms with van der Waals surface area (Å²) in [6.07, 6.45) is 0. The maximum Gasteiger partial charge on any atom is 0.234 e. The van der Waals surface area contributed by atoms with Gasteiger partial charge in [0.2, 0.25) is 5.91 Å². The van der Waals surface area contributed by atoms with Crippen molar-refractivity contribution in [2.45, 2.75) is 19.0 Å². The molecule has 0 atom stereocenters. The molecule has 0 fully saturated rings. The summed E-state index contributed by atoms with van der Waals surface area (Å²) < 4.78 is 13.1. The fourth-order valence-electron chi connectivity index (χ4n) is 3.40. The summed E-state index contributed by atoms with van der Waals surface area (Å²) in [5.41, 5.74) is 2.47. The van der Waals surface area contributed by atoms with Crippen molar-refractivity contribution in [2.24, 2.45) is 0 Å². The molecule has 3 aromatic carbocycles. The number of thioether (sulfide) groups is 1. The largest absolute Gasteiger partial charge is 0.494 e. The first kappa shape index (κ1) is 23.4. The fourth-order valence-corrected chi connectivity index (χ4v) is 4.15. The number of benzene rings is 3. The Morgan fingerprint density at radius 1 is 0.882 bits per heavy atom. The van der Waals surface area contributed by atoms with Crippen LogP contribution in [0.4, 0.5) is 5.69 Å². The number of nitrogens with one attached hydrogen (secondary N) is 1. The number of nitrogens with zero attached hydrogens (tertiary/aromatic N) is 3. The Bertz CT molecular complexity index is 1230. The first-order chi connectivity index (χ1) is 16.7. The number of para-hydroxylation sites is 2. The first-order valence-corrected chi connectivity index (χ1v) is 12.1. The Kier molecular flexibility index (Phi) is 7.83. The van der Waals surface area contributed by atoms with E-state index in [-0.39, 0.29) is 11.7 Å². The van der Waals surface area contributed by atoms with E-state index >= 15 is 0 Å². The maximum atomic E-state index is 12.7.